The number of aryl methyl sites for hydroxylation is 1. The molecule has 0 aliphatic heterocycles. The molecule has 3 rings (SSSR count). The molecule has 0 amide bonds. The van der Waals surface area contributed by atoms with Crippen LogP contribution >= 0.6 is 0 Å². The van der Waals surface area contributed by atoms with Crippen LogP contribution in [-0.4, -0.2) is 29.0 Å². The molecule has 31 heavy (non-hydrogen) atoms. The average molecular weight is 442 g/mol. The lowest BCUT2D eigenvalue weighted by molar-refractivity contribution is 0.275. The third-order valence-corrected chi connectivity index (χ3v) is 6.15. The molecule has 0 bridgehead atoms. The molecular weight excluding hydrogens is 414 g/mol. The summed E-state index contributed by atoms with van der Waals surface area (Å²) in [4.78, 5) is 8.75. The van der Waals surface area contributed by atoms with E-state index in [0.29, 0.717) is 22.7 Å². The number of rotatable bonds is 7. The van der Waals surface area contributed by atoms with Crippen molar-refractivity contribution in [2.24, 2.45) is 0 Å². The molecule has 164 valence electrons. The summed E-state index contributed by atoms with van der Waals surface area (Å²) >= 11 is 0. The predicted molar refractivity (Wildman–Crippen MR) is 119 cm³/mol. The maximum absolute atomic E-state index is 12.9. The van der Waals surface area contributed by atoms with Crippen molar-refractivity contribution in [3.8, 4) is 17.0 Å². The molecule has 0 radical (unpaired) electrons. The van der Waals surface area contributed by atoms with Crippen LogP contribution in [0.15, 0.2) is 59.8 Å². The zero-order chi connectivity index (χ0) is 22.6. The van der Waals surface area contributed by atoms with E-state index in [2.05, 4.69) is 14.7 Å². The van der Waals surface area contributed by atoms with Crippen molar-refractivity contribution in [3.63, 3.8) is 0 Å². The van der Waals surface area contributed by atoms with E-state index in [4.69, 9.17) is 9.84 Å². The van der Waals surface area contributed by atoms with Gasteiger partial charge in [-0.3, -0.25) is 9.97 Å². The summed E-state index contributed by atoms with van der Waals surface area (Å²) in [6.45, 7) is 7.50. The fraction of sp³-hybridized carbons (Fsp3) is 0.304. The Hall–Kier alpha value is -2.81. The lowest BCUT2D eigenvalue weighted by atomic mass is 10.1. The Morgan fingerprint density at radius 3 is 2.39 bits per heavy atom. The number of pyridine rings is 2. The summed E-state index contributed by atoms with van der Waals surface area (Å²) < 4.78 is 34.3. The molecule has 0 fully saturated rings. The molecule has 7 nitrogen and oxygen atoms in total. The molecule has 0 saturated heterocycles. The SMILES string of the molecule is Cc1ccc(S(=O)(=O)NC(C)(C)C)c(-c2ccc(COc3ccc(CO)nc3)cn2)c1. The molecular formula is C23H27N3O4S. The highest BCUT2D eigenvalue weighted by Gasteiger charge is 2.25. The number of aliphatic hydroxyl groups excluding tert-OH is 1. The number of hydrogen-bond acceptors (Lipinski definition) is 6. The van der Waals surface area contributed by atoms with Gasteiger partial charge in [-0.1, -0.05) is 17.7 Å². The minimum atomic E-state index is -3.72. The van der Waals surface area contributed by atoms with Gasteiger partial charge in [0, 0.05) is 22.9 Å². The van der Waals surface area contributed by atoms with Crippen molar-refractivity contribution in [3.05, 3.63) is 71.7 Å². The molecule has 0 atom stereocenters. The van der Waals surface area contributed by atoms with E-state index in [1.165, 1.54) is 0 Å². The molecule has 0 aliphatic carbocycles. The fourth-order valence-corrected chi connectivity index (χ4v) is 4.58. The minimum absolute atomic E-state index is 0.117. The van der Waals surface area contributed by atoms with E-state index in [-0.39, 0.29) is 18.1 Å². The summed E-state index contributed by atoms with van der Waals surface area (Å²) in [5.74, 6) is 0.585. The van der Waals surface area contributed by atoms with Gasteiger partial charge in [-0.25, -0.2) is 13.1 Å². The van der Waals surface area contributed by atoms with Crippen LogP contribution in [0.1, 0.15) is 37.6 Å². The Balaban J connectivity index is 1.82. The normalized spacial score (nSPS) is 12.0. The van der Waals surface area contributed by atoms with Crippen LogP contribution in [0.5, 0.6) is 5.75 Å². The lowest BCUT2D eigenvalue weighted by Crippen LogP contribution is -2.40. The largest absolute Gasteiger partial charge is 0.487 e. The van der Waals surface area contributed by atoms with Crippen LogP contribution in [0.4, 0.5) is 0 Å². The van der Waals surface area contributed by atoms with Crippen molar-refractivity contribution in [2.45, 2.75) is 51.3 Å². The molecule has 2 heterocycles. The number of nitrogens with zero attached hydrogens (tertiary/aromatic N) is 2. The number of hydrogen-bond donors (Lipinski definition) is 2. The summed E-state index contributed by atoms with van der Waals surface area (Å²) in [7, 11) is -3.72. The van der Waals surface area contributed by atoms with Gasteiger partial charge in [-0.15, -0.1) is 0 Å². The van der Waals surface area contributed by atoms with Gasteiger partial charge in [0.2, 0.25) is 10.0 Å². The second-order valence-electron chi connectivity index (χ2n) is 8.34. The maximum Gasteiger partial charge on any atom is 0.241 e. The van der Waals surface area contributed by atoms with Crippen LogP contribution in [-0.2, 0) is 23.2 Å². The third-order valence-electron chi connectivity index (χ3n) is 4.33. The Morgan fingerprint density at radius 1 is 1.03 bits per heavy atom. The quantitative estimate of drug-likeness (QED) is 0.581. The Morgan fingerprint density at radius 2 is 1.81 bits per heavy atom. The highest BCUT2D eigenvalue weighted by molar-refractivity contribution is 7.89. The molecule has 2 N–H and O–H groups in total. The van der Waals surface area contributed by atoms with Crippen LogP contribution in [0, 0.1) is 6.92 Å². The molecule has 2 aromatic heterocycles. The molecule has 8 heteroatoms. The van der Waals surface area contributed by atoms with Gasteiger partial charge >= 0.3 is 0 Å². The molecule has 0 unspecified atom stereocenters. The van der Waals surface area contributed by atoms with Crippen LogP contribution in [0.2, 0.25) is 0 Å². The number of aromatic nitrogens is 2. The van der Waals surface area contributed by atoms with E-state index in [1.807, 2.05) is 19.1 Å². The topological polar surface area (TPSA) is 101 Å². The highest BCUT2D eigenvalue weighted by atomic mass is 32.2. The van der Waals surface area contributed by atoms with Gasteiger partial charge in [0.1, 0.15) is 12.4 Å². The van der Waals surface area contributed by atoms with E-state index >= 15 is 0 Å². The minimum Gasteiger partial charge on any atom is -0.487 e. The van der Waals surface area contributed by atoms with E-state index in [1.54, 1.807) is 63.5 Å². The first-order valence-corrected chi connectivity index (χ1v) is 11.3. The van der Waals surface area contributed by atoms with Gasteiger partial charge in [0.25, 0.3) is 0 Å². The second kappa shape index (κ2) is 9.13. The standard InChI is InChI=1S/C23H27N3O4S/c1-16-5-10-22(31(28,29)26-23(2,3)4)20(11-16)21-9-6-17(12-25-21)15-30-19-8-7-18(14-27)24-13-19/h5-13,26-27H,14-15H2,1-4H3. The molecule has 0 spiro atoms. The number of aliphatic hydroxyl groups is 1. The first-order chi connectivity index (χ1) is 14.6. The Bertz CT molecular complexity index is 1140. The van der Waals surface area contributed by atoms with E-state index in [0.717, 1.165) is 11.1 Å². The monoisotopic (exact) mass is 441 g/mol. The van der Waals surface area contributed by atoms with Crippen LogP contribution in [0.25, 0.3) is 11.3 Å². The highest BCUT2D eigenvalue weighted by Crippen LogP contribution is 2.28. The van der Waals surface area contributed by atoms with E-state index in [9.17, 15) is 8.42 Å². The van der Waals surface area contributed by atoms with Crippen LogP contribution < -0.4 is 9.46 Å². The van der Waals surface area contributed by atoms with Crippen molar-refractivity contribution in [1.29, 1.82) is 0 Å². The Kier molecular flexibility index (Phi) is 6.74. The molecule has 3 aromatic rings. The first-order valence-electron chi connectivity index (χ1n) is 9.86. The number of nitrogens with one attached hydrogen (secondary N) is 1. The number of sulfonamides is 1. The number of benzene rings is 1. The average Bonchev–Trinajstić information content (AvgIpc) is 2.71. The lowest BCUT2D eigenvalue weighted by Gasteiger charge is -2.21. The molecule has 0 aliphatic rings. The van der Waals surface area contributed by atoms with Gasteiger partial charge in [0.15, 0.2) is 0 Å². The zero-order valence-corrected chi connectivity index (χ0v) is 18.9. The van der Waals surface area contributed by atoms with Gasteiger partial charge in [-0.05, 0) is 58.0 Å². The van der Waals surface area contributed by atoms with Crippen molar-refractivity contribution in [2.75, 3.05) is 0 Å². The smallest absolute Gasteiger partial charge is 0.241 e. The molecule has 1 aromatic carbocycles. The second-order valence-corrected chi connectivity index (χ2v) is 9.99. The summed E-state index contributed by atoms with van der Waals surface area (Å²) in [5.41, 5.74) is 2.87. The third kappa shape index (κ3) is 6.10. The number of ether oxygens (including phenoxy) is 1. The zero-order valence-electron chi connectivity index (χ0n) is 18.1. The Labute approximate surface area is 183 Å². The van der Waals surface area contributed by atoms with Gasteiger partial charge in [-0.2, -0.15) is 0 Å². The molecule has 0 saturated carbocycles. The van der Waals surface area contributed by atoms with Crippen LogP contribution in [0.3, 0.4) is 0 Å². The van der Waals surface area contributed by atoms with E-state index < -0.39 is 15.6 Å². The fourth-order valence-electron chi connectivity index (χ4n) is 2.96. The van der Waals surface area contributed by atoms with Crippen molar-refractivity contribution < 1.29 is 18.3 Å². The first kappa shape index (κ1) is 22.9. The predicted octanol–water partition coefficient (Wildman–Crippen LogP) is 3.60. The summed E-state index contributed by atoms with van der Waals surface area (Å²) in [6.07, 6.45) is 3.22. The summed E-state index contributed by atoms with van der Waals surface area (Å²) in [6, 6.07) is 12.3. The summed E-state index contributed by atoms with van der Waals surface area (Å²) in [5, 5.41) is 9.05. The van der Waals surface area contributed by atoms with Crippen molar-refractivity contribution >= 4 is 10.0 Å². The van der Waals surface area contributed by atoms with Crippen molar-refractivity contribution in [1.82, 2.24) is 14.7 Å². The van der Waals surface area contributed by atoms with Gasteiger partial charge in [0.05, 0.1) is 29.1 Å². The maximum atomic E-state index is 12.9. The van der Waals surface area contributed by atoms with Gasteiger partial charge < -0.3 is 9.84 Å².